The standard InChI is InChI=1S/C18H21NO4S/c1-4-24(21,22)16-9-7-15(8-10-16)19-18(20)12-23-17-11-13(2)5-6-14(17)3/h5-11H,4,12H2,1-3H3,(H,19,20). The zero-order chi connectivity index (χ0) is 17.7. The average Bonchev–Trinajstić information content (AvgIpc) is 2.56. The van der Waals surface area contributed by atoms with Gasteiger partial charge in [-0.15, -0.1) is 0 Å². The van der Waals surface area contributed by atoms with Gasteiger partial charge in [-0.2, -0.15) is 0 Å². The Morgan fingerprint density at radius 1 is 1.08 bits per heavy atom. The summed E-state index contributed by atoms with van der Waals surface area (Å²) in [5.41, 5.74) is 2.55. The lowest BCUT2D eigenvalue weighted by Crippen LogP contribution is -2.20. The van der Waals surface area contributed by atoms with Crippen molar-refractivity contribution in [1.82, 2.24) is 0 Å². The fourth-order valence-corrected chi connectivity index (χ4v) is 3.00. The Kier molecular flexibility index (Phi) is 5.62. The molecule has 0 aromatic heterocycles. The summed E-state index contributed by atoms with van der Waals surface area (Å²) in [5.74, 6) is 0.416. The molecule has 0 aliphatic carbocycles. The molecule has 0 atom stereocenters. The van der Waals surface area contributed by atoms with Crippen molar-refractivity contribution in [3.8, 4) is 5.75 Å². The van der Waals surface area contributed by atoms with Crippen LogP contribution >= 0.6 is 0 Å². The maximum absolute atomic E-state index is 12.0. The Bertz CT molecular complexity index is 827. The molecular formula is C18H21NO4S. The number of anilines is 1. The monoisotopic (exact) mass is 347 g/mol. The summed E-state index contributed by atoms with van der Waals surface area (Å²) >= 11 is 0. The molecule has 0 aliphatic heterocycles. The summed E-state index contributed by atoms with van der Waals surface area (Å²) in [5, 5.41) is 2.68. The highest BCUT2D eigenvalue weighted by Crippen LogP contribution is 2.19. The van der Waals surface area contributed by atoms with Gasteiger partial charge in [0.2, 0.25) is 0 Å². The molecule has 5 nitrogen and oxygen atoms in total. The van der Waals surface area contributed by atoms with Crippen LogP contribution in [-0.4, -0.2) is 26.7 Å². The van der Waals surface area contributed by atoms with E-state index in [1.54, 1.807) is 19.1 Å². The van der Waals surface area contributed by atoms with Crippen molar-refractivity contribution in [2.75, 3.05) is 17.7 Å². The van der Waals surface area contributed by atoms with E-state index in [2.05, 4.69) is 5.32 Å². The van der Waals surface area contributed by atoms with Crippen LogP contribution in [0.5, 0.6) is 5.75 Å². The third-order valence-corrected chi connectivity index (χ3v) is 5.33. The molecule has 6 heteroatoms. The number of benzene rings is 2. The molecule has 0 saturated carbocycles. The Hall–Kier alpha value is -2.34. The average molecular weight is 347 g/mol. The lowest BCUT2D eigenvalue weighted by molar-refractivity contribution is -0.118. The Morgan fingerprint density at radius 2 is 1.75 bits per heavy atom. The third kappa shape index (κ3) is 4.58. The van der Waals surface area contributed by atoms with E-state index >= 15 is 0 Å². The second-order valence-electron chi connectivity index (χ2n) is 5.53. The van der Waals surface area contributed by atoms with Crippen molar-refractivity contribution in [3.05, 3.63) is 53.6 Å². The van der Waals surface area contributed by atoms with E-state index in [1.807, 2.05) is 32.0 Å². The molecule has 0 spiro atoms. The minimum absolute atomic E-state index is 0.0440. The number of rotatable bonds is 6. The number of hydrogen-bond acceptors (Lipinski definition) is 4. The fourth-order valence-electron chi connectivity index (χ4n) is 2.12. The topological polar surface area (TPSA) is 72.5 Å². The number of carbonyl (C=O) groups is 1. The second kappa shape index (κ2) is 7.49. The quantitative estimate of drug-likeness (QED) is 0.871. The maximum atomic E-state index is 12.0. The van der Waals surface area contributed by atoms with Gasteiger partial charge in [-0.3, -0.25) is 4.79 Å². The SMILES string of the molecule is CCS(=O)(=O)c1ccc(NC(=O)COc2cc(C)ccc2C)cc1. The van der Waals surface area contributed by atoms with Crippen LogP contribution in [0.3, 0.4) is 0 Å². The van der Waals surface area contributed by atoms with Gasteiger partial charge >= 0.3 is 0 Å². The minimum atomic E-state index is -3.24. The van der Waals surface area contributed by atoms with E-state index in [9.17, 15) is 13.2 Å². The molecule has 0 aliphatic rings. The number of nitrogens with one attached hydrogen (secondary N) is 1. The molecule has 1 N–H and O–H groups in total. The second-order valence-corrected chi connectivity index (χ2v) is 7.81. The molecule has 0 bridgehead atoms. The van der Waals surface area contributed by atoms with E-state index in [0.29, 0.717) is 11.4 Å². The summed E-state index contributed by atoms with van der Waals surface area (Å²) in [4.78, 5) is 12.2. The van der Waals surface area contributed by atoms with Crippen LogP contribution in [0.2, 0.25) is 0 Å². The zero-order valence-corrected chi connectivity index (χ0v) is 14.8. The lowest BCUT2D eigenvalue weighted by atomic mass is 10.1. The number of carbonyl (C=O) groups excluding carboxylic acids is 1. The van der Waals surface area contributed by atoms with Gasteiger partial charge in [-0.1, -0.05) is 19.1 Å². The molecular weight excluding hydrogens is 326 g/mol. The van der Waals surface area contributed by atoms with Gasteiger partial charge in [-0.25, -0.2) is 8.42 Å². The van der Waals surface area contributed by atoms with Crippen LogP contribution in [-0.2, 0) is 14.6 Å². The van der Waals surface area contributed by atoms with Crippen molar-refractivity contribution >= 4 is 21.4 Å². The molecule has 0 saturated heterocycles. The van der Waals surface area contributed by atoms with Crippen molar-refractivity contribution < 1.29 is 17.9 Å². The predicted octanol–water partition coefficient (Wildman–Crippen LogP) is 3.11. The van der Waals surface area contributed by atoms with Crippen molar-refractivity contribution in [3.63, 3.8) is 0 Å². The van der Waals surface area contributed by atoms with Gasteiger partial charge in [0.1, 0.15) is 5.75 Å². The molecule has 0 fully saturated rings. The molecule has 128 valence electrons. The van der Waals surface area contributed by atoms with E-state index < -0.39 is 9.84 Å². The Morgan fingerprint density at radius 3 is 2.38 bits per heavy atom. The van der Waals surface area contributed by atoms with Gasteiger partial charge in [0.25, 0.3) is 5.91 Å². The molecule has 0 heterocycles. The molecule has 2 aromatic rings. The molecule has 2 rings (SSSR count). The van der Waals surface area contributed by atoms with E-state index in [4.69, 9.17) is 4.74 Å². The number of hydrogen-bond donors (Lipinski definition) is 1. The molecule has 24 heavy (non-hydrogen) atoms. The highest BCUT2D eigenvalue weighted by molar-refractivity contribution is 7.91. The highest BCUT2D eigenvalue weighted by atomic mass is 32.2. The van der Waals surface area contributed by atoms with Crippen LogP contribution < -0.4 is 10.1 Å². The third-order valence-electron chi connectivity index (χ3n) is 3.58. The summed E-state index contributed by atoms with van der Waals surface area (Å²) in [6.45, 7) is 5.35. The molecule has 0 radical (unpaired) electrons. The number of ether oxygens (including phenoxy) is 1. The zero-order valence-electron chi connectivity index (χ0n) is 14.0. The van der Waals surface area contributed by atoms with Gasteiger partial charge in [0.05, 0.1) is 10.6 Å². The Balaban J connectivity index is 1.96. The number of amides is 1. The number of aryl methyl sites for hydroxylation is 2. The first kappa shape index (κ1) is 18.0. The van der Waals surface area contributed by atoms with Gasteiger partial charge < -0.3 is 10.1 Å². The lowest BCUT2D eigenvalue weighted by Gasteiger charge is -2.10. The smallest absolute Gasteiger partial charge is 0.262 e. The summed E-state index contributed by atoms with van der Waals surface area (Å²) < 4.78 is 29.0. The van der Waals surface area contributed by atoms with Crippen LogP contribution in [0.25, 0.3) is 0 Å². The normalized spacial score (nSPS) is 11.1. The Labute approximate surface area is 142 Å². The summed E-state index contributed by atoms with van der Waals surface area (Å²) in [6, 6.07) is 11.9. The predicted molar refractivity (Wildman–Crippen MR) is 94.2 cm³/mol. The minimum Gasteiger partial charge on any atom is -0.483 e. The van der Waals surface area contributed by atoms with E-state index in [1.165, 1.54) is 12.1 Å². The molecule has 2 aromatic carbocycles. The van der Waals surface area contributed by atoms with Crippen LogP contribution in [0.4, 0.5) is 5.69 Å². The van der Waals surface area contributed by atoms with E-state index in [0.717, 1.165) is 11.1 Å². The van der Waals surface area contributed by atoms with Crippen LogP contribution in [0, 0.1) is 13.8 Å². The fraction of sp³-hybridized carbons (Fsp3) is 0.278. The van der Waals surface area contributed by atoms with Crippen molar-refractivity contribution in [2.45, 2.75) is 25.7 Å². The molecule has 1 amide bonds. The molecule has 0 unspecified atom stereocenters. The van der Waals surface area contributed by atoms with Crippen LogP contribution in [0.1, 0.15) is 18.1 Å². The van der Waals surface area contributed by atoms with Gasteiger partial charge in [-0.05, 0) is 55.3 Å². The highest BCUT2D eigenvalue weighted by Gasteiger charge is 2.11. The van der Waals surface area contributed by atoms with Crippen molar-refractivity contribution in [2.24, 2.45) is 0 Å². The largest absolute Gasteiger partial charge is 0.483 e. The summed E-state index contributed by atoms with van der Waals surface area (Å²) in [6.07, 6.45) is 0. The van der Waals surface area contributed by atoms with Crippen LogP contribution in [0.15, 0.2) is 47.4 Å². The van der Waals surface area contributed by atoms with Gasteiger partial charge in [0, 0.05) is 5.69 Å². The van der Waals surface area contributed by atoms with Gasteiger partial charge in [0.15, 0.2) is 16.4 Å². The first-order valence-electron chi connectivity index (χ1n) is 7.64. The summed E-state index contributed by atoms with van der Waals surface area (Å²) in [7, 11) is -3.24. The maximum Gasteiger partial charge on any atom is 0.262 e. The number of sulfone groups is 1. The van der Waals surface area contributed by atoms with E-state index in [-0.39, 0.29) is 23.2 Å². The first-order valence-corrected chi connectivity index (χ1v) is 9.30. The van der Waals surface area contributed by atoms with Crippen molar-refractivity contribution in [1.29, 1.82) is 0 Å². The first-order chi connectivity index (χ1) is 11.3.